The van der Waals surface area contributed by atoms with Gasteiger partial charge in [0.25, 0.3) is 0 Å². The molecule has 1 amide bonds. The Hall–Kier alpha value is -2.42. The fourth-order valence-electron chi connectivity index (χ4n) is 2.86. The summed E-state index contributed by atoms with van der Waals surface area (Å²) in [7, 11) is 1.30. The molecule has 0 bridgehead atoms. The summed E-state index contributed by atoms with van der Waals surface area (Å²) in [4.78, 5) is 33.6. The molecule has 0 unspecified atom stereocenters. The highest BCUT2D eigenvalue weighted by atomic mass is 16.6. The molecule has 0 aromatic carbocycles. The average Bonchev–Trinajstić information content (AvgIpc) is 2.64. The van der Waals surface area contributed by atoms with Crippen LogP contribution < -0.4 is 10.1 Å². The number of carbonyl (C=O) groups excluding carboxylic acids is 2. The number of esters is 1. The number of hydrogen-bond acceptors (Lipinski definition) is 8. The van der Waals surface area contributed by atoms with Crippen LogP contribution in [-0.4, -0.2) is 71.9 Å². The second kappa shape index (κ2) is 10.2. The molecule has 9 nitrogen and oxygen atoms in total. The van der Waals surface area contributed by atoms with E-state index >= 15 is 0 Å². The van der Waals surface area contributed by atoms with Gasteiger partial charge in [0.05, 0.1) is 13.7 Å². The number of alkyl carbamates (subject to hydrolysis) is 1. The van der Waals surface area contributed by atoms with Crippen molar-refractivity contribution in [3.63, 3.8) is 0 Å². The molecule has 0 aliphatic carbocycles. The first kappa shape index (κ1) is 21.9. The van der Waals surface area contributed by atoms with Gasteiger partial charge >= 0.3 is 18.1 Å². The maximum Gasteiger partial charge on any atom is 0.407 e. The van der Waals surface area contributed by atoms with E-state index in [2.05, 4.69) is 24.9 Å². The van der Waals surface area contributed by atoms with Gasteiger partial charge in [-0.3, -0.25) is 0 Å². The predicted molar refractivity (Wildman–Crippen MR) is 102 cm³/mol. The molecular weight excluding hydrogens is 364 g/mol. The molecule has 1 fully saturated rings. The minimum Gasteiger partial charge on any atom is -0.464 e. The Morgan fingerprint density at radius 1 is 1.29 bits per heavy atom. The lowest BCUT2D eigenvalue weighted by Gasteiger charge is -2.32. The number of piperidine rings is 1. The van der Waals surface area contributed by atoms with Crippen LogP contribution in [0.4, 0.5) is 4.79 Å². The Bertz CT molecular complexity index is 654. The Kier molecular flexibility index (Phi) is 7.98. The number of likely N-dealkylation sites (tertiary alicyclic amines) is 1. The van der Waals surface area contributed by atoms with E-state index in [1.165, 1.54) is 19.4 Å². The van der Waals surface area contributed by atoms with Gasteiger partial charge in [0, 0.05) is 31.9 Å². The first-order chi connectivity index (χ1) is 13.3. The topological polar surface area (TPSA) is 103 Å². The van der Waals surface area contributed by atoms with Crippen molar-refractivity contribution in [3.05, 3.63) is 18.0 Å². The van der Waals surface area contributed by atoms with Gasteiger partial charge in [-0.05, 0) is 46.1 Å². The first-order valence-electron chi connectivity index (χ1n) is 9.53. The van der Waals surface area contributed by atoms with Gasteiger partial charge in [-0.2, -0.15) is 4.98 Å². The van der Waals surface area contributed by atoms with Gasteiger partial charge in [0.2, 0.25) is 0 Å². The van der Waals surface area contributed by atoms with Crippen LogP contribution in [-0.2, 0) is 9.47 Å². The van der Waals surface area contributed by atoms with Crippen molar-refractivity contribution in [1.29, 1.82) is 0 Å². The lowest BCUT2D eigenvalue weighted by Crippen LogP contribution is -2.46. The highest BCUT2D eigenvalue weighted by Gasteiger charge is 2.23. The summed E-state index contributed by atoms with van der Waals surface area (Å²) in [5.41, 5.74) is -0.308. The van der Waals surface area contributed by atoms with E-state index < -0.39 is 11.6 Å². The molecule has 0 radical (unpaired) electrons. The molecule has 1 aromatic rings. The molecule has 1 N–H and O–H groups in total. The van der Waals surface area contributed by atoms with Crippen LogP contribution in [0.15, 0.2) is 12.3 Å². The maximum atomic E-state index is 11.8. The third-order valence-corrected chi connectivity index (χ3v) is 4.19. The van der Waals surface area contributed by atoms with E-state index in [9.17, 15) is 9.59 Å². The van der Waals surface area contributed by atoms with Crippen LogP contribution in [0.5, 0.6) is 6.01 Å². The fraction of sp³-hybridized carbons (Fsp3) is 0.684. The largest absolute Gasteiger partial charge is 0.464 e. The number of aromatic nitrogens is 2. The number of nitrogens with zero attached hydrogens (tertiary/aromatic N) is 3. The van der Waals surface area contributed by atoms with Gasteiger partial charge in [-0.15, -0.1) is 0 Å². The van der Waals surface area contributed by atoms with Gasteiger partial charge in [-0.25, -0.2) is 14.6 Å². The zero-order chi connectivity index (χ0) is 20.6. The summed E-state index contributed by atoms with van der Waals surface area (Å²) < 4.78 is 15.4. The van der Waals surface area contributed by atoms with Crippen LogP contribution in [0.25, 0.3) is 0 Å². The molecule has 2 heterocycles. The van der Waals surface area contributed by atoms with E-state index in [1.54, 1.807) is 0 Å². The van der Waals surface area contributed by atoms with Gasteiger partial charge in [0.1, 0.15) is 5.60 Å². The number of methoxy groups -OCH3 is 1. The maximum absolute atomic E-state index is 11.8. The van der Waals surface area contributed by atoms with E-state index in [-0.39, 0.29) is 23.8 Å². The number of nitrogens with one attached hydrogen (secondary N) is 1. The summed E-state index contributed by atoms with van der Waals surface area (Å²) in [5, 5.41) is 2.94. The van der Waals surface area contributed by atoms with Crippen molar-refractivity contribution in [2.75, 3.05) is 33.4 Å². The van der Waals surface area contributed by atoms with Crippen molar-refractivity contribution >= 4 is 12.1 Å². The molecule has 2 rings (SSSR count). The fourth-order valence-corrected chi connectivity index (χ4v) is 2.86. The van der Waals surface area contributed by atoms with Crippen molar-refractivity contribution < 1.29 is 23.8 Å². The Labute approximate surface area is 165 Å². The van der Waals surface area contributed by atoms with Crippen LogP contribution in [0.3, 0.4) is 0 Å². The second-order valence-corrected chi connectivity index (χ2v) is 7.68. The molecule has 1 aromatic heterocycles. The van der Waals surface area contributed by atoms with E-state index in [4.69, 9.17) is 9.47 Å². The first-order valence-corrected chi connectivity index (χ1v) is 9.53. The molecule has 1 saturated heterocycles. The van der Waals surface area contributed by atoms with Crippen molar-refractivity contribution in [1.82, 2.24) is 20.2 Å². The van der Waals surface area contributed by atoms with Gasteiger partial charge < -0.3 is 24.4 Å². The van der Waals surface area contributed by atoms with E-state index in [0.29, 0.717) is 6.61 Å². The Morgan fingerprint density at radius 2 is 2.00 bits per heavy atom. The van der Waals surface area contributed by atoms with Crippen LogP contribution in [0, 0.1) is 0 Å². The standard InChI is InChI=1S/C19H30N4O5/c1-19(2,3)28-18(25)21-14-7-11-23(12-8-14)10-5-13-27-17-20-9-6-15(22-17)16(24)26-4/h6,9,14H,5,7-8,10-13H2,1-4H3,(H,21,25). The zero-order valence-electron chi connectivity index (χ0n) is 17.1. The quantitative estimate of drug-likeness (QED) is 0.553. The third-order valence-electron chi connectivity index (χ3n) is 4.19. The molecule has 28 heavy (non-hydrogen) atoms. The molecule has 0 atom stereocenters. The highest BCUT2D eigenvalue weighted by molar-refractivity contribution is 5.86. The SMILES string of the molecule is COC(=O)c1ccnc(OCCCN2CCC(NC(=O)OC(C)(C)C)CC2)n1. The molecular formula is C19H30N4O5. The Balaban J connectivity index is 1.63. The predicted octanol–water partition coefficient (Wildman–Crippen LogP) is 2.02. The van der Waals surface area contributed by atoms with Crippen molar-refractivity contribution in [2.45, 2.75) is 51.7 Å². The zero-order valence-corrected chi connectivity index (χ0v) is 17.1. The van der Waals surface area contributed by atoms with Crippen LogP contribution in [0.1, 0.15) is 50.5 Å². The summed E-state index contributed by atoms with van der Waals surface area (Å²) >= 11 is 0. The minimum absolute atomic E-state index is 0.150. The molecule has 9 heteroatoms. The van der Waals surface area contributed by atoms with Crippen molar-refractivity contribution in [3.8, 4) is 6.01 Å². The van der Waals surface area contributed by atoms with Crippen LogP contribution in [0.2, 0.25) is 0 Å². The average molecular weight is 394 g/mol. The lowest BCUT2D eigenvalue weighted by molar-refractivity contribution is 0.0477. The summed E-state index contributed by atoms with van der Waals surface area (Å²) in [6, 6.07) is 1.80. The highest BCUT2D eigenvalue weighted by Crippen LogP contribution is 2.13. The van der Waals surface area contributed by atoms with Gasteiger partial charge in [-0.1, -0.05) is 0 Å². The summed E-state index contributed by atoms with van der Waals surface area (Å²) in [5.74, 6) is -0.518. The molecule has 0 spiro atoms. The third kappa shape index (κ3) is 7.67. The molecule has 156 valence electrons. The number of amides is 1. The normalized spacial score (nSPS) is 15.7. The molecule has 1 aliphatic rings. The second-order valence-electron chi connectivity index (χ2n) is 7.68. The minimum atomic E-state index is -0.518. The monoisotopic (exact) mass is 394 g/mol. The van der Waals surface area contributed by atoms with E-state index in [1.807, 2.05) is 20.8 Å². The summed E-state index contributed by atoms with van der Waals surface area (Å²) in [6.07, 6.45) is 3.72. The number of carbonyl (C=O) groups is 2. The molecule has 0 saturated carbocycles. The number of rotatable bonds is 7. The molecule has 1 aliphatic heterocycles. The lowest BCUT2D eigenvalue weighted by atomic mass is 10.1. The summed E-state index contributed by atoms with van der Waals surface area (Å²) in [6.45, 7) is 8.73. The smallest absolute Gasteiger partial charge is 0.407 e. The number of ether oxygens (including phenoxy) is 3. The van der Waals surface area contributed by atoms with Crippen molar-refractivity contribution in [2.24, 2.45) is 0 Å². The van der Waals surface area contributed by atoms with E-state index in [0.717, 1.165) is 38.9 Å². The Morgan fingerprint density at radius 3 is 2.64 bits per heavy atom. The number of hydrogen-bond donors (Lipinski definition) is 1. The van der Waals surface area contributed by atoms with Gasteiger partial charge in [0.15, 0.2) is 5.69 Å². The van der Waals surface area contributed by atoms with Crippen LogP contribution >= 0.6 is 0 Å².